The van der Waals surface area contributed by atoms with Crippen LogP contribution in [-0.2, 0) is 6.54 Å². The van der Waals surface area contributed by atoms with E-state index in [1.165, 1.54) is 0 Å². The van der Waals surface area contributed by atoms with Crippen LogP contribution < -0.4 is 0 Å². The van der Waals surface area contributed by atoms with Crippen LogP contribution >= 0.6 is 0 Å². The van der Waals surface area contributed by atoms with Crippen LogP contribution in [-0.4, -0.2) is 21.2 Å². The number of para-hydroxylation sites is 2. The number of fused-ring (bicyclic) bond motifs is 1. The number of aromatic nitrogens is 3. The molecular weight excluding hydrogens is 265 g/mol. The van der Waals surface area contributed by atoms with Gasteiger partial charge in [-0.2, -0.15) is 0 Å². The second kappa shape index (κ2) is 5.76. The molecule has 3 aromatic rings. The molecule has 0 saturated heterocycles. The van der Waals surface area contributed by atoms with Gasteiger partial charge in [-0.25, -0.2) is 9.37 Å². The topological polar surface area (TPSA) is 30.7 Å². The van der Waals surface area contributed by atoms with Gasteiger partial charge in [0.05, 0.1) is 17.6 Å². The maximum absolute atomic E-state index is 12.8. The van der Waals surface area contributed by atoms with E-state index >= 15 is 0 Å². The summed E-state index contributed by atoms with van der Waals surface area (Å²) in [5.41, 5.74) is 3.50. The summed E-state index contributed by atoms with van der Waals surface area (Å²) in [7, 11) is 0. The van der Waals surface area contributed by atoms with Crippen molar-refractivity contribution in [1.29, 1.82) is 0 Å². The number of benzene rings is 1. The van der Waals surface area contributed by atoms with Gasteiger partial charge in [0.2, 0.25) is 0 Å². The number of halogens is 1. The molecule has 104 valence electrons. The van der Waals surface area contributed by atoms with Crippen LogP contribution in [0.25, 0.3) is 11.0 Å². The first kappa shape index (κ1) is 13.3. The van der Waals surface area contributed by atoms with Crippen LogP contribution in [0.5, 0.6) is 0 Å². The molecule has 3 rings (SSSR count). The van der Waals surface area contributed by atoms with Crippen molar-refractivity contribution in [2.24, 2.45) is 0 Å². The summed E-state index contributed by atoms with van der Waals surface area (Å²) in [6.07, 6.45) is 1.73. The first-order valence-electron chi connectivity index (χ1n) is 6.74. The Morgan fingerprint density at radius 2 is 2.00 bits per heavy atom. The number of rotatable bonds is 2. The molecule has 2 aromatic heterocycles. The van der Waals surface area contributed by atoms with Gasteiger partial charge in [0.1, 0.15) is 6.67 Å². The van der Waals surface area contributed by atoms with E-state index < -0.39 is 6.67 Å². The fourth-order valence-corrected chi connectivity index (χ4v) is 2.15. The minimum atomic E-state index is -0.443. The highest BCUT2D eigenvalue weighted by atomic mass is 19.1. The van der Waals surface area contributed by atoms with E-state index in [4.69, 9.17) is 0 Å². The highest BCUT2D eigenvalue weighted by molar-refractivity contribution is 5.76. The molecule has 0 radical (unpaired) electrons. The number of imidazole rings is 1. The number of hydrogen-bond donors (Lipinski definition) is 0. The summed E-state index contributed by atoms with van der Waals surface area (Å²) in [6, 6.07) is 11.5. The maximum Gasteiger partial charge on any atom is 0.186 e. The molecule has 0 fully saturated rings. The molecule has 0 aliphatic heterocycles. The third-order valence-electron chi connectivity index (χ3n) is 3.19. The Morgan fingerprint density at radius 3 is 2.76 bits per heavy atom. The van der Waals surface area contributed by atoms with Gasteiger partial charge in [0.15, 0.2) is 5.82 Å². The van der Waals surface area contributed by atoms with Crippen molar-refractivity contribution in [1.82, 2.24) is 14.5 Å². The molecule has 0 aliphatic rings. The average molecular weight is 279 g/mol. The van der Waals surface area contributed by atoms with Gasteiger partial charge >= 0.3 is 0 Å². The van der Waals surface area contributed by atoms with Crippen molar-refractivity contribution < 1.29 is 4.39 Å². The van der Waals surface area contributed by atoms with Crippen LogP contribution in [0, 0.1) is 18.8 Å². The predicted octanol–water partition coefficient (Wildman–Crippen LogP) is 3.11. The van der Waals surface area contributed by atoms with Crippen LogP contribution in [0.3, 0.4) is 0 Å². The summed E-state index contributed by atoms with van der Waals surface area (Å²) >= 11 is 0. The van der Waals surface area contributed by atoms with Gasteiger partial charge in [-0.15, -0.1) is 0 Å². The number of pyridine rings is 1. The summed E-state index contributed by atoms with van der Waals surface area (Å²) in [5, 5.41) is 0. The third kappa shape index (κ3) is 2.77. The lowest BCUT2D eigenvalue weighted by molar-refractivity contribution is 0.448. The van der Waals surface area contributed by atoms with E-state index in [0.717, 1.165) is 22.3 Å². The van der Waals surface area contributed by atoms with E-state index in [1.807, 2.05) is 47.9 Å². The number of nitrogens with zero attached hydrogens (tertiary/aromatic N) is 3. The van der Waals surface area contributed by atoms with E-state index in [1.54, 1.807) is 6.20 Å². The molecule has 21 heavy (non-hydrogen) atoms. The van der Waals surface area contributed by atoms with Crippen molar-refractivity contribution in [2.75, 3.05) is 6.67 Å². The summed E-state index contributed by atoms with van der Waals surface area (Å²) in [4.78, 5) is 8.67. The quantitative estimate of drug-likeness (QED) is 0.675. The highest BCUT2D eigenvalue weighted by Gasteiger charge is 2.07. The number of aryl methyl sites for hydroxylation is 2. The fourth-order valence-electron chi connectivity index (χ4n) is 2.15. The van der Waals surface area contributed by atoms with Crippen LogP contribution in [0.15, 0.2) is 42.6 Å². The van der Waals surface area contributed by atoms with Crippen LogP contribution in [0.4, 0.5) is 4.39 Å². The SMILES string of the molecule is Cc1ccc(C#Cc2nc3ccccc3n2CCF)cn1. The van der Waals surface area contributed by atoms with Gasteiger partial charge in [-0.05, 0) is 37.1 Å². The van der Waals surface area contributed by atoms with Crippen molar-refractivity contribution in [3.63, 3.8) is 0 Å². The molecule has 2 heterocycles. The van der Waals surface area contributed by atoms with E-state index in [-0.39, 0.29) is 6.54 Å². The zero-order valence-electron chi connectivity index (χ0n) is 11.7. The highest BCUT2D eigenvalue weighted by Crippen LogP contribution is 2.15. The maximum atomic E-state index is 12.8. The zero-order chi connectivity index (χ0) is 14.7. The van der Waals surface area contributed by atoms with Crippen LogP contribution in [0.1, 0.15) is 17.1 Å². The number of alkyl halides is 1. The zero-order valence-corrected chi connectivity index (χ0v) is 11.7. The minimum Gasteiger partial charge on any atom is -0.315 e. The van der Waals surface area contributed by atoms with E-state index in [9.17, 15) is 4.39 Å². The lowest BCUT2D eigenvalue weighted by Gasteiger charge is -2.01. The van der Waals surface area contributed by atoms with Crippen molar-refractivity contribution in [2.45, 2.75) is 13.5 Å². The summed E-state index contributed by atoms with van der Waals surface area (Å²) in [6.45, 7) is 1.75. The predicted molar refractivity (Wildman–Crippen MR) is 80.7 cm³/mol. The molecule has 0 atom stereocenters. The smallest absolute Gasteiger partial charge is 0.186 e. The van der Waals surface area contributed by atoms with E-state index in [0.29, 0.717) is 5.82 Å². The molecule has 0 bridgehead atoms. The molecular formula is C17H14FN3. The Morgan fingerprint density at radius 1 is 1.14 bits per heavy atom. The van der Waals surface area contributed by atoms with Gasteiger partial charge in [0.25, 0.3) is 0 Å². The molecule has 0 N–H and O–H groups in total. The van der Waals surface area contributed by atoms with Gasteiger partial charge in [-0.3, -0.25) is 4.98 Å². The number of hydrogen-bond acceptors (Lipinski definition) is 2. The van der Waals surface area contributed by atoms with Crippen LogP contribution in [0.2, 0.25) is 0 Å². The fraction of sp³-hybridized carbons (Fsp3) is 0.176. The molecule has 3 nitrogen and oxygen atoms in total. The van der Waals surface area contributed by atoms with Gasteiger partial charge in [-0.1, -0.05) is 18.1 Å². The second-order valence-corrected chi connectivity index (χ2v) is 4.70. The molecule has 0 unspecified atom stereocenters. The minimum absolute atomic E-state index is 0.261. The Kier molecular flexibility index (Phi) is 3.65. The standard InChI is InChI=1S/C17H14FN3/c1-13-6-7-14(12-19-13)8-9-17-20-15-4-2-3-5-16(15)21(17)11-10-18/h2-7,12H,10-11H2,1H3. The molecule has 0 saturated carbocycles. The molecule has 0 aliphatic carbocycles. The lowest BCUT2D eigenvalue weighted by Crippen LogP contribution is -2.02. The average Bonchev–Trinajstić information content (AvgIpc) is 2.85. The molecule has 0 amide bonds. The first-order chi connectivity index (χ1) is 10.3. The van der Waals surface area contributed by atoms with Gasteiger partial charge in [0, 0.05) is 17.5 Å². The summed E-state index contributed by atoms with van der Waals surface area (Å²) < 4.78 is 14.6. The largest absolute Gasteiger partial charge is 0.315 e. The Bertz CT molecular complexity index is 823. The molecule has 0 spiro atoms. The summed E-state index contributed by atoms with van der Waals surface area (Å²) in [5.74, 6) is 6.63. The monoisotopic (exact) mass is 279 g/mol. The Balaban J connectivity index is 2.04. The molecule has 4 heteroatoms. The third-order valence-corrected chi connectivity index (χ3v) is 3.19. The van der Waals surface area contributed by atoms with Crippen molar-refractivity contribution in [3.8, 4) is 11.8 Å². The van der Waals surface area contributed by atoms with Crippen molar-refractivity contribution >= 4 is 11.0 Å². The Labute approximate surface area is 122 Å². The normalized spacial score (nSPS) is 10.4. The molecule has 1 aromatic carbocycles. The Hall–Kier alpha value is -2.67. The van der Waals surface area contributed by atoms with Gasteiger partial charge < -0.3 is 4.57 Å². The lowest BCUT2D eigenvalue weighted by atomic mass is 10.2. The van der Waals surface area contributed by atoms with E-state index in [2.05, 4.69) is 21.8 Å². The van der Waals surface area contributed by atoms with Crippen molar-refractivity contribution in [3.05, 3.63) is 59.7 Å². The first-order valence-corrected chi connectivity index (χ1v) is 6.74. The second-order valence-electron chi connectivity index (χ2n) is 4.70.